The van der Waals surface area contributed by atoms with Crippen LogP contribution < -0.4 is 5.32 Å². The van der Waals surface area contributed by atoms with E-state index in [0.717, 1.165) is 44.0 Å². The highest BCUT2D eigenvalue weighted by atomic mass is 19.2. The second-order valence-corrected chi connectivity index (χ2v) is 7.13. The third-order valence-corrected chi connectivity index (χ3v) is 5.60. The fourth-order valence-electron chi connectivity index (χ4n) is 4.07. The zero-order chi connectivity index (χ0) is 17.4. The predicted molar refractivity (Wildman–Crippen MR) is 86.7 cm³/mol. The summed E-state index contributed by atoms with van der Waals surface area (Å²) in [6.07, 6.45) is 5.59. The van der Waals surface area contributed by atoms with Gasteiger partial charge in [-0.25, -0.2) is 13.8 Å². The summed E-state index contributed by atoms with van der Waals surface area (Å²) in [5, 5.41) is 9.58. The van der Waals surface area contributed by atoms with Gasteiger partial charge < -0.3 is 5.32 Å². The molecule has 0 spiro atoms. The van der Waals surface area contributed by atoms with E-state index in [1.807, 2.05) is 0 Å². The Bertz CT molecular complexity index is 771. The molecule has 25 heavy (non-hydrogen) atoms. The maximum Gasteiger partial charge on any atom is 0.223 e. The topological polar surface area (TPSA) is 70.7 Å². The highest BCUT2D eigenvalue weighted by molar-refractivity contribution is 5.82. The van der Waals surface area contributed by atoms with E-state index in [1.165, 1.54) is 12.4 Å². The second-order valence-electron chi connectivity index (χ2n) is 7.13. The lowest BCUT2D eigenvalue weighted by Crippen LogP contribution is -2.40. The van der Waals surface area contributed by atoms with Crippen molar-refractivity contribution in [1.29, 1.82) is 0 Å². The lowest BCUT2D eigenvalue weighted by molar-refractivity contribution is -0.122. The molecular formula is C18H20F2N4O. The largest absolute Gasteiger partial charge is 0.355 e. The SMILES string of the molecule is O=C(NCC1(c2cccc(F)c2F)CCCC1)[C@H]1C[C@@H]1c1ncn[nH]1. The quantitative estimate of drug-likeness (QED) is 0.875. The Kier molecular flexibility index (Phi) is 4.01. The number of amides is 1. The Balaban J connectivity index is 1.46. The lowest BCUT2D eigenvalue weighted by atomic mass is 9.78. The van der Waals surface area contributed by atoms with Crippen molar-refractivity contribution in [3.8, 4) is 0 Å². The van der Waals surface area contributed by atoms with Gasteiger partial charge in [-0.2, -0.15) is 5.10 Å². The zero-order valence-electron chi connectivity index (χ0n) is 13.8. The van der Waals surface area contributed by atoms with Gasteiger partial charge in [-0.3, -0.25) is 9.89 Å². The number of hydrogen-bond acceptors (Lipinski definition) is 3. The minimum Gasteiger partial charge on any atom is -0.355 e. The van der Waals surface area contributed by atoms with E-state index in [1.54, 1.807) is 6.07 Å². The second kappa shape index (κ2) is 6.20. The van der Waals surface area contributed by atoms with Crippen LogP contribution in [0.1, 0.15) is 49.4 Å². The van der Waals surface area contributed by atoms with Crippen LogP contribution in [0.3, 0.4) is 0 Å². The van der Waals surface area contributed by atoms with E-state index >= 15 is 0 Å². The summed E-state index contributed by atoms with van der Waals surface area (Å²) in [4.78, 5) is 16.5. The van der Waals surface area contributed by atoms with Gasteiger partial charge in [-0.05, 0) is 30.9 Å². The van der Waals surface area contributed by atoms with Crippen molar-refractivity contribution in [1.82, 2.24) is 20.5 Å². The average molecular weight is 346 g/mol. The molecule has 1 aromatic heterocycles. The predicted octanol–water partition coefficient (Wildman–Crippen LogP) is 2.81. The molecule has 1 amide bonds. The molecule has 4 rings (SSSR count). The molecule has 0 unspecified atom stereocenters. The third kappa shape index (κ3) is 2.92. The number of rotatable bonds is 5. The summed E-state index contributed by atoms with van der Waals surface area (Å²) in [6, 6.07) is 4.31. The number of carbonyl (C=O) groups is 1. The standard InChI is InChI=1S/C18H20F2N4O/c19-14-5-3-4-13(15(14)20)18(6-1-2-7-18)9-21-17(25)12-8-11(12)16-22-10-23-24-16/h3-5,10-12H,1-2,6-9H2,(H,21,25)(H,22,23,24)/t11-,12-/m0/s1. The van der Waals surface area contributed by atoms with Crippen molar-refractivity contribution in [3.05, 3.63) is 47.5 Å². The minimum absolute atomic E-state index is 0.0514. The van der Waals surface area contributed by atoms with E-state index in [0.29, 0.717) is 12.1 Å². The Morgan fingerprint density at radius 2 is 2.12 bits per heavy atom. The van der Waals surface area contributed by atoms with Crippen LogP contribution in [0.2, 0.25) is 0 Å². The maximum atomic E-state index is 14.3. The fraction of sp³-hybridized carbons (Fsp3) is 0.500. The van der Waals surface area contributed by atoms with Crippen molar-refractivity contribution in [2.45, 2.75) is 43.4 Å². The molecule has 2 saturated carbocycles. The fourth-order valence-corrected chi connectivity index (χ4v) is 4.07. The molecular weight excluding hydrogens is 326 g/mol. The van der Waals surface area contributed by atoms with Crippen LogP contribution in [-0.4, -0.2) is 27.6 Å². The molecule has 132 valence electrons. The first kappa shape index (κ1) is 16.2. The van der Waals surface area contributed by atoms with Crippen LogP contribution in [0.4, 0.5) is 8.78 Å². The van der Waals surface area contributed by atoms with Gasteiger partial charge in [0.15, 0.2) is 11.6 Å². The Morgan fingerprint density at radius 1 is 1.32 bits per heavy atom. The van der Waals surface area contributed by atoms with Crippen LogP contribution in [0.25, 0.3) is 0 Å². The molecule has 2 aliphatic carbocycles. The number of halogens is 2. The molecule has 1 aromatic carbocycles. The first-order chi connectivity index (χ1) is 12.1. The van der Waals surface area contributed by atoms with Gasteiger partial charge in [0.05, 0.1) is 0 Å². The normalized spacial score (nSPS) is 24.2. The number of aromatic nitrogens is 3. The molecule has 2 aromatic rings. The van der Waals surface area contributed by atoms with E-state index < -0.39 is 17.0 Å². The zero-order valence-corrected chi connectivity index (χ0v) is 13.8. The molecule has 0 radical (unpaired) electrons. The molecule has 0 aliphatic heterocycles. The van der Waals surface area contributed by atoms with Crippen LogP contribution in [0.5, 0.6) is 0 Å². The molecule has 2 aliphatic rings. The van der Waals surface area contributed by atoms with Gasteiger partial charge in [0.25, 0.3) is 0 Å². The van der Waals surface area contributed by atoms with Gasteiger partial charge in [0, 0.05) is 23.8 Å². The lowest BCUT2D eigenvalue weighted by Gasteiger charge is -2.30. The molecule has 2 fully saturated rings. The Hall–Kier alpha value is -2.31. The highest BCUT2D eigenvalue weighted by Crippen LogP contribution is 2.46. The van der Waals surface area contributed by atoms with E-state index in [-0.39, 0.29) is 17.7 Å². The van der Waals surface area contributed by atoms with Crippen LogP contribution >= 0.6 is 0 Å². The van der Waals surface area contributed by atoms with Crippen molar-refractivity contribution in [2.75, 3.05) is 6.54 Å². The molecule has 2 atom stereocenters. The molecule has 0 saturated heterocycles. The van der Waals surface area contributed by atoms with Gasteiger partial charge >= 0.3 is 0 Å². The molecule has 5 nitrogen and oxygen atoms in total. The van der Waals surface area contributed by atoms with Gasteiger partial charge in [-0.1, -0.05) is 25.0 Å². The van der Waals surface area contributed by atoms with Gasteiger partial charge in [-0.15, -0.1) is 0 Å². The number of nitrogens with zero attached hydrogens (tertiary/aromatic N) is 2. The number of hydrogen-bond donors (Lipinski definition) is 2. The van der Waals surface area contributed by atoms with Crippen molar-refractivity contribution in [3.63, 3.8) is 0 Å². The summed E-state index contributed by atoms with van der Waals surface area (Å²) in [6.45, 7) is 0.339. The van der Waals surface area contributed by atoms with Crippen molar-refractivity contribution in [2.24, 2.45) is 5.92 Å². The highest BCUT2D eigenvalue weighted by Gasteiger charge is 2.47. The number of carbonyl (C=O) groups excluding carboxylic acids is 1. The summed E-state index contributed by atoms with van der Waals surface area (Å²) >= 11 is 0. The number of aromatic amines is 1. The molecule has 7 heteroatoms. The van der Waals surface area contributed by atoms with Gasteiger partial charge in [0.2, 0.25) is 5.91 Å². The third-order valence-electron chi connectivity index (χ3n) is 5.60. The van der Waals surface area contributed by atoms with Crippen LogP contribution in [0, 0.1) is 17.6 Å². The summed E-state index contributed by atoms with van der Waals surface area (Å²) in [5.41, 5.74) is -0.133. The van der Waals surface area contributed by atoms with E-state index in [9.17, 15) is 13.6 Å². The number of H-pyrrole nitrogens is 1. The maximum absolute atomic E-state index is 14.3. The summed E-state index contributed by atoms with van der Waals surface area (Å²) in [5.74, 6) is -0.986. The molecule has 2 N–H and O–H groups in total. The Labute approximate surface area is 144 Å². The number of benzene rings is 1. The van der Waals surface area contributed by atoms with Gasteiger partial charge in [0.1, 0.15) is 12.2 Å². The van der Waals surface area contributed by atoms with E-state index in [2.05, 4.69) is 20.5 Å². The van der Waals surface area contributed by atoms with Crippen LogP contribution in [0.15, 0.2) is 24.5 Å². The average Bonchev–Trinajstić information content (AvgIpc) is 3.01. The van der Waals surface area contributed by atoms with Crippen LogP contribution in [-0.2, 0) is 10.2 Å². The monoisotopic (exact) mass is 346 g/mol. The first-order valence-corrected chi connectivity index (χ1v) is 8.68. The van der Waals surface area contributed by atoms with E-state index in [4.69, 9.17) is 0 Å². The van der Waals surface area contributed by atoms with Crippen molar-refractivity contribution < 1.29 is 13.6 Å². The minimum atomic E-state index is -0.831. The summed E-state index contributed by atoms with van der Waals surface area (Å²) in [7, 11) is 0. The number of nitrogens with one attached hydrogen (secondary N) is 2. The smallest absolute Gasteiger partial charge is 0.223 e. The molecule has 1 heterocycles. The summed E-state index contributed by atoms with van der Waals surface area (Å²) < 4.78 is 28.0. The van der Waals surface area contributed by atoms with Crippen molar-refractivity contribution >= 4 is 5.91 Å². The first-order valence-electron chi connectivity index (χ1n) is 8.68. The molecule has 0 bridgehead atoms. The Morgan fingerprint density at radius 3 is 2.84 bits per heavy atom.